The molecule has 0 bridgehead atoms. The molecule has 1 amide bonds. The molecule has 2 heterocycles. The second-order valence-electron chi connectivity index (χ2n) is 7.07. The number of nitriles is 1. The van der Waals surface area contributed by atoms with Gasteiger partial charge in [0.05, 0.1) is 18.7 Å². The van der Waals surface area contributed by atoms with Crippen LogP contribution in [0.2, 0.25) is 0 Å². The number of fused-ring (bicyclic) bond motifs is 2. The third-order valence-corrected chi connectivity index (χ3v) is 6.30. The number of ether oxygens (including phenoxy) is 1. The van der Waals surface area contributed by atoms with E-state index in [9.17, 15) is 14.9 Å². The molecule has 1 aliphatic heterocycles. The molecule has 1 N–H and O–H groups in total. The Kier molecular flexibility index (Phi) is 5.79. The number of rotatable bonds is 5. The maximum Gasteiger partial charge on any atom is 0.320 e. The van der Waals surface area contributed by atoms with Crippen molar-refractivity contribution in [3.8, 4) is 6.07 Å². The van der Waals surface area contributed by atoms with Crippen LogP contribution in [0.15, 0.2) is 42.5 Å². The lowest BCUT2D eigenvalue weighted by Gasteiger charge is -2.25. The molecule has 0 fully saturated rings. The summed E-state index contributed by atoms with van der Waals surface area (Å²) in [6.45, 7) is 3.62. The average molecular weight is 420 g/mol. The van der Waals surface area contributed by atoms with E-state index in [0.29, 0.717) is 42.2 Å². The molecule has 0 saturated carbocycles. The largest absolute Gasteiger partial charge is 0.465 e. The maximum atomic E-state index is 13.0. The normalized spacial score (nSPS) is 13.5. The van der Waals surface area contributed by atoms with Crippen molar-refractivity contribution in [3.63, 3.8) is 0 Å². The number of carbonyl (C=O) groups is 2. The molecule has 0 saturated heterocycles. The third-order valence-electron chi connectivity index (χ3n) is 5.17. The van der Waals surface area contributed by atoms with E-state index in [0.717, 1.165) is 21.2 Å². The standard InChI is InChI=1S/C23H21N3O3S/c1-2-29-21(27)14-26-11-10-17-19(12-24)23(30-20(17)13-26)25-22(28)18-9-5-7-15-6-3-4-8-16(15)18/h3-9H,2,10-11,13-14H2,1H3,(H,25,28). The molecule has 0 spiro atoms. The molecule has 7 heteroatoms. The van der Waals surface area contributed by atoms with Crippen molar-refractivity contribution >= 4 is 39.0 Å². The second kappa shape index (κ2) is 8.66. The quantitative estimate of drug-likeness (QED) is 0.633. The number of hydrogen-bond acceptors (Lipinski definition) is 6. The Bertz CT molecular complexity index is 1160. The van der Waals surface area contributed by atoms with Gasteiger partial charge in [0.1, 0.15) is 11.1 Å². The zero-order valence-electron chi connectivity index (χ0n) is 16.6. The smallest absolute Gasteiger partial charge is 0.320 e. The second-order valence-corrected chi connectivity index (χ2v) is 8.17. The first-order valence-corrected chi connectivity index (χ1v) is 10.6. The fraction of sp³-hybridized carbons (Fsp3) is 0.261. The van der Waals surface area contributed by atoms with Gasteiger partial charge < -0.3 is 10.1 Å². The first-order chi connectivity index (χ1) is 14.6. The van der Waals surface area contributed by atoms with E-state index >= 15 is 0 Å². The van der Waals surface area contributed by atoms with Crippen molar-refractivity contribution in [2.45, 2.75) is 19.9 Å². The van der Waals surface area contributed by atoms with Crippen molar-refractivity contribution in [2.75, 3.05) is 25.0 Å². The minimum atomic E-state index is -0.248. The van der Waals surface area contributed by atoms with E-state index in [1.54, 1.807) is 13.0 Å². The molecule has 0 unspecified atom stereocenters. The zero-order chi connectivity index (χ0) is 21.1. The molecule has 6 nitrogen and oxygen atoms in total. The van der Waals surface area contributed by atoms with Crippen LogP contribution in [0, 0.1) is 11.3 Å². The molecule has 3 aromatic rings. The van der Waals surface area contributed by atoms with Gasteiger partial charge in [0.2, 0.25) is 0 Å². The number of carbonyl (C=O) groups excluding carboxylic acids is 2. The summed E-state index contributed by atoms with van der Waals surface area (Å²) >= 11 is 1.41. The molecule has 0 radical (unpaired) electrons. The fourth-order valence-corrected chi connectivity index (χ4v) is 5.02. The number of esters is 1. The first-order valence-electron chi connectivity index (χ1n) is 9.82. The van der Waals surface area contributed by atoms with Crippen LogP contribution < -0.4 is 5.32 Å². The molecule has 0 atom stereocenters. The Morgan fingerprint density at radius 3 is 2.83 bits per heavy atom. The number of amides is 1. The van der Waals surface area contributed by atoms with Crippen LogP contribution in [-0.4, -0.2) is 36.5 Å². The van der Waals surface area contributed by atoms with Crippen molar-refractivity contribution in [1.82, 2.24) is 4.90 Å². The molecule has 1 aliphatic rings. The highest BCUT2D eigenvalue weighted by atomic mass is 32.1. The van der Waals surface area contributed by atoms with E-state index in [2.05, 4.69) is 11.4 Å². The minimum Gasteiger partial charge on any atom is -0.465 e. The van der Waals surface area contributed by atoms with Crippen molar-refractivity contribution in [1.29, 1.82) is 5.26 Å². The van der Waals surface area contributed by atoms with Gasteiger partial charge in [-0.05, 0) is 35.7 Å². The molecule has 30 heavy (non-hydrogen) atoms. The molecular formula is C23H21N3O3S. The monoisotopic (exact) mass is 419 g/mol. The van der Waals surface area contributed by atoms with Gasteiger partial charge in [0, 0.05) is 23.5 Å². The highest BCUT2D eigenvalue weighted by molar-refractivity contribution is 7.16. The van der Waals surface area contributed by atoms with Gasteiger partial charge in [-0.2, -0.15) is 5.26 Å². The molecule has 2 aromatic carbocycles. The van der Waals surface area contributed by atoms with Gasteiger partial charge in [-0.3, -0.25) is 14.5 Å². The Hall–Kier alpha value is -3.21. The fourth-order valence-electron chi connectivity index (χ4n) is 3.78. The summed E-state index contributed by atoms with van der Waals surface area (Å²) in [5, 5.41) is 15.1. The summed E-state index contributed by atoms with van der Waals surface area (Å²) in [6.07, 6.45) is 0.665. The van der Waals surface area contributed by atoms with Crippen LogP contribution in [0.25, 0.3) is 10.8 Å². The summed E-state index contributed by atoms with van der Waals surface area (Å²) < 4.78 is 5.03. The SMILES string of the molecule is CCOC(=O)CN1CCc2c(sc(NC(=O)c3cccc4ccccc34)c2C#N)C1. The van der Waals surface area contributed by atoms with E-state index in [-0.39, 0.29) is 18.4 Å². The Morgan fingerprint density at radius 1 is 1.23 bits per heavy atom. The molecule has 152 valence electrons. The first kappa shape index (κ1) is 20.1. The molecule has 4 rings (SSSR count). The van der Waals surface area contributed by atoms with Gasteiger partial charge in [0.25, 0.3) is 5.91 Å². The van der Waals surface area contributed by atoms with Crippen LogP contribution in [0.1, 0.15) is 33.3 Å². The lowest BCUT2D eigenvalue weighted by molar-refractivity contribution is -0.144. The number of hydrogen-bond donors (Lipinski definition) is 1. The van der Waals surface area contributed by atoms with Crippen molar-refractivity contribution in [3.05, 3.63) is 64.0 Å². The average Bonchev–Trinajstić information content (AvgIpc) is 3.09. The predicted octanol–water partition coefficient (Wildman–Crippen LogP) is 3.95. The van der Waals surface area contributed by atoms with Crippen LogP contribution in [0.4, 0.5) is 5.00 Å². The highest BCUT2D eigenvalue weighted by Gasteiger charge is 2.26. The summed E-state index contributed by atoms with van der Waals surface area (Å²) in [7, 11) is 0. The number of nitrogens with one attached hydrogen (secondary N) is 1. The number of thiophene rings is 1. The lowest BCUT2D eigenvalue weighted by Crippen LogP contribution is -2.35. The molecule has 0 aliphatic carbocycles. The van der Waals surface area contributed by atoms with E-state index in [4.69, 9.17) is 4.74 Å². The minimum absolute atomic E-state index is 0.227. The predicted molar refractivity (Wildman–Crippen MR) is 117 cm³/mol. The highest BCUT2D eigenvalue weighted by Crippen LogP contribution is 2.37. The molecule has 1 aromatic heterocycles. The Balaban J connectivity index is 1.57. The topological polar surface area (TPSA) is 82.4 Å². The molecular weight excluding hydrogens is 398 g/mol. The lowest BCUT2D eigenvalue weighted by atomic mass is 10.0. The van der Waals surface area contributed by atoms with Crippen LogP contribution in [0.5, 0.6) is 0 Å². The van der Waals surface area contributed by atoms with Gasteiger partial charge in [-0.1, -0.05) is 36.4 Å². The summed E-state index contributed by atoms with van der Waals surface area (Å²) in [5.41, 5.74) is 2.07. The van der Waals surface area contributed by atoms with Gasteiger partial charge in [0.15, 0.2) is 0 Å². The third kappa shape index (κ3) is 3.92. The Morgan fingerprint density at radius 2 is 2.03 bits per heavy atom. The van der Waals surface area contributed by atoms with Crippen LogP contribution in [-0.2, 0) is 22.5 Å². The summed E-state index contributed by atoms with van der Waals surface area (Å²) in [5.74, 6) is -0.479. The van der Waals surface area contributed by atoms with E-state index in [1.807, 2.05) is 41.3 Å². The summed E-state index contributed by atoms with van der Waals surface area (Å²) in [6, 6.07) is 15.6. The maximum absolute atomic E-state index is 13.0. The van der Waals surface area contributed by atoms with Crippen molar-refractivity contribution < 1.29 is 14.3 Å². The van der Waals surface area contributed by atoms with Gasteiger partial charge in [-0.25, -0.2) is 0 Å². The van der Waals surface area contributed by atoms with E-state index < -0.39 is 0 Å². The Labute approximate surface area is 178 Å². The zero-order valence-corrected chi connectivity index (χ0v) is 17.4. The summed E-state index contributed by atoms with van der Waals surface area (Å²) in [4.78, 5) is 27.8. The van der Waals surface area contributed by atoms with Crippen molar-refractivity contribution in [2.24, 2.45) is 0 Å². The van der Waals surface area contributed by atoms with Gasteiger partial charge >= 0.3 is 5.97 Å². The van der Waals surface area contributed by atoms with E-state index in [1.165, 1.54) is 11.3 Å². The van der Waals surface area contributed by atoms with Gasteiger partial charge in [-0.15, -0.1) is 11.3 Å². The number of anilines is 1. The number of nitrogens with zero attached hydrogens (tertiary/aromatic N) is 2. The van der Waals surface area contributed by atoms with Crippen LogP contribution >= 0.6 is 11.3 Å². The van der Waals surface area contributed by atoms with Crippen LogP contribution in [0.3, 0.4) is 0 Å². The number of benzene rings is 2.